The van der Waals surface area contributed by atoms with E-state index in [4.69, 9.17) is 4.74 Å². The topological polar surface area (TPSA) is 92.8 Å². The van der Waals surface area contributed by atoms with Crippen LogP contribution in [-0.4, -0.2) is 39.4 Å². The highest BCUT2D eigenvalue weighted by Crippen LogP contribution is 2.28. The maximum absolute atomic E-state index is 11.9. The first kappa shape index (κ1) is 16.0. The van der Waals surface area contributed by atoms with Crippen molar-refractivity contribution in [2.75, 3.05) is 18.5 Å². The van der Waals surface area contributed by atoms with Crippen molar-refractivity contribution in [2.45, 2.75) is 29.0 Å². The number of hydrogen-bond acceptors (Lipinski definition) is 9. The van der Waals surface area contributed by atoms with Gasteiger partial charge in [0.1, 0.15) is 10.5 Å². The molecule has 0 bridgehead atoms. The van der Waals surface area contributed by atoms with Crippen molar-refractivity contribution in [2.24, 2.45) is 0 Å². The molecule has 1 aliphatic rings. The number of hydrogen-bond donors (Lipinski definition) is 2. The highest BCUT2D eigenvalue weighted by atomic mass is 32.2. The summed E-state index contributed by atoms with van der Waals surface area (Å²) in [5.74, 6) is 1.21. The summed E-state index contributed by atoms with van der Waals surface area (Å²) in [4.78, 5) is 19.2. The second-order valence-electron chi connectivity index (χ2n) is 5.33. The second-order valence-corrected chi connectivity index (χ2v) is 8.44. The van der Waals surface area contributed by atoms with Crippen LogP contribution < -0.4 is 10.9 Å². The van der Waals surface area contributed by atoms with Gasteiger partial charge in [-0.05, 0) is 24.3 Å². The zero-order chi connectivity index (χ0) is 16.4. The highest BCUT2D eigenvalue weighted by molar-refractivity contribution is 8.00. The number of thioether (sulfide) groups is 1. The van der Waals surface area contributed by atoms with Gasteiger partial charge in [-0.25, -0.2) is 4.98 Å². The summed E-state index contributed by atoms with van der Waals surface area (Å²) in [5, 5.41) is 14.2. The largest absolute Gasteiger partial charge is 0.376 e. The third-order valence-corrected chi connectivity index (χ3v) is 6.54. The van der Waals surface area contributed by atoms with Crippen LogP contribution in [0.3, 0.4) is 0 Å². The molecular weight excluding hydrogens is 366 g/mol. The SMILES string of the molecule is O=c1[nH]c(CSc2nnc(NC[C@@H]3CCCO3)s2)nc2ccsc12. The molecule has 0 radical (unpaired) electrons. The van der Waals surface area contributed by atoms with Gasteiger partial charge in [-0.2, -0.15) is 0 Å². The molecule has 24 heavy (non-hydrogen) atoms. The van der Waals surface area contributed by atoms with Gasteiger partial charge in [0.15, 0.2) is 4.34 Å². The van der Waals surface area contributed by atoms with E-state index in [0.29, 0.717) is 16.3 Å². The first-order valence-corrected chi connectivity index (χ1v) is 10.2. The van der Waals surface area contributed by atoms with Gasteiger partial charge in [-0.3, -0.25) is 4.79 Å². The Kier molecular flexibility index (Phi) is 4.79. The highest BCUT2D eigenvalue weighted by Gasteiger charge is 2.16. The number of H-pyrrole nitrogens is 1. The Labute approximate surface area is 149 Å². The number of anilines is 1. The zero-order valence-electron chi connectivity index (χ0n) is 12.7. The van der Waals surface area contributed by atoms with E-state index in [1.54, 1.807) is 0 Å². The molecule has 3 aromatic heterocycles. The van der Waals surface area contributed by atoms with Crippen LogP contribution in [0.4, 0.5) is 5.13 Å². The number of fused-ring (bicyclic) bond motifs is 1. The third kappa shape index (κ3) is 3.61. The number of ether oxygens (including phenoxy) is 1. The molecule has 4 rings (SSSR count). The number of aromatic amines is 1. The van der Waals surface area contributed by atoms with Crippen LogP contribution >= 0.6 is 34.4 Å². The molecule has 0 spiro atoms. The van der Waals surface area contributed by atoms with Gasteiger partial charge in [-0.1, -0.05) is 23.1 Å². The van der Waals surface area contributed by atoms with Crippen molar-refractivity contribution in [1.82, 2.24) is 20.2 Å². The lowest BCUT2D eigenvalue weighted by Gasteiger charge is -2.08. The molecule has 0 unspecified atom stereocenters. The first-order chi connectivity index (χ1) is 11.8. The summed E-state index contributed by atoms with van der Waals surface area (Å²) >= 11 is 4.42. The molecule has 0 amide bonds. The maximum Gasteiger partial charge on any atom is 0.268 e. The average Bonchev–Trinajstić information content (AvgIpc) is 3.32. The van der Waals surface area contributed by atoms with Crippen LogP contribution in [0, 0.1) is 0 Å². The molecule has 4 heterocycles. The summed E-state index contributed by atoms with van der Waals surface area (Å²) in [7, 11) is 0. The average molecular weight is 382 g/mol. The van der Waals surface area contributed by atoms with Crippen LogP contribution in [0.1, 0.15) is 18.7 Å². The molecule has 1 aliphatic heterocycles. The van der Waals surface area contributed by atoms with Gasteiger partial charge in [0.25, 0.3) is 5.56 Å². The van der Waals surface area contributed by atoms with Gasteiger partial charge in [0.05, 0.1) is 17.4 Å². The number of thiophene rings is 1. The summed E-state index contributed by atoms with van der Waals surface area (Å²) in [6.07, 6.45) is 2.50. The zero-order valence-corrected chi connectivity index (χ0v) is 15.1. The fourth-order valence-corrected chi connectivity index (χ4v) is 4.82. The van der Waals surface area contributed by atoms with Crippen molar-refractivity contribution in [3.8, 4) is 0 Å². The second kappa shape index (κ2) is 7.18. The van der Waals surface area contributed by atoms with E-state index in [9.17, 15) is 4.79 Å². The fourth-order valence-electron chi connectivity index (χ4n) is 2.47. The quantitative estimate of drug-likeness (QED) is 0.634. The Morgan fingerprint density at radius 2 is 2.42 bits per heavy atom. The van der Waals surface area contributed by atoms with Gasteiger partial charge >= 0.3 is 0 Å². The van der Waals surface area contributed by atoms with Gasteiger partial charge in [0.2, 0.25) is 5.13 Å². The standard InChI is InChI=1S/C14H15N5O2S3/c20-12-11-9(3-5-22-11)16-10(17-12)7-23-14-19-18-13(24-14)15-6-8-2-1-4-21-8/h3,5,8H,1-2,4,6-7H2,(H,15,18)(H,16,17,20)/t8-/m0/s1. The predicted molar refractivity (Wildman–Crippen MR) is 97.2 cm³/mol. The van der Waals surface area contributed by atoms with E-state index < -0.39 is 0 Å². The number of aromatic nitrogens is 4. The lowest BCUT2D eigenvalue weighted by molar-refractivity contribution is 0.120. The molecule has 10 heteroatoms. The Hall–Kier alpha value is -1.49. The monoisotopic (exact) mass is 381 g/mol. The van der Waals surface area contributed by atoms with Gasteiger partial charge in [0, 0.05) is 13.2 Å². The summed E-state index contributed by atoms with van der Waals surface area (Å²) in [6.45, 7) is 1.62. The van der Waals surface area contributed by atoms with Crippen molar-refractivity contribution in [3.63, 3.8) is 0 Å². The summed E-state index contributed by atoms with van der Waals surface area (Å²) in [6, 6.07) is 1.86. The summed E-state index contributed by atoms with van der Waals surface area (Å²) < 4.78 is 7.09. The Morgan fingerprint density at radius 1 is 1.46 bits per heavy atom. The van der Waals surface area contributed by atoms with Gasteiger partial charge < -0.3 is 15.0 Å². The molecule has 1 saturated heterocycles. The number of nitrogens with zero attached hydrogens (tertiary/aromatic N) is 3. The molecule has 1 atom stereocenters. The van der Waals surface area contributed by atoms with Crippen molar-refractivity contribution in [3.05, 3.63) is 27.6 Å². The molecular formula is C14H15N5O2S3. The van der Waals surface area contributed by atoms with E-state index in [0.717, 1.165) is 41.0 Å². The molecule has 0 aliphatic carbocycles. The first-order valence-electron chi connectivity index (χ1n) is 7.56. The Bertz CT molecular complexity index is 884. The molecule has 0 saturated carbocycles. The van der Waals surface area contributed by atoms with E-state index in [-0.39, 0.29) is 11.7 Å². The van der Waals surface area contributed by atoms with Crippen LogP contribution in [0.2, 0.25) is 0 Å². The lowest BCUT2D eigenvalue weighted by atomic mass is 10.2. The molecule has 126 valence electrons. The van der Waals surface area contributed by atoms with Crippen molar-refractivity contribution in [1.29, 1.82) is 0 Å². The van der Waals surface area contributed by atoms with Crippen LogP contribution in [0.5, 0.6) is 0 Å². The van der Waals surface area contributed by atoms with Gasteiger partial charge in [-0.15, -0.1) is 21.5 Å². The van der Waals surface area contributed by atoms with Crippen LogP contribution in [0.15, 0.2) is 20.6 Å². The predicted octanol–water partition coefficient (Wildman–Crippen LogP) is 2.72. The number of nitrogens with one attached hydrogen (secondary N) is 2. The Balaban J connectivity index is 1.35. The van der Waals surface area contributed by atoms with Crippen LogP contribution in [-0.2, 0) is 10.5 Å². The molecule has 0 aromatic carbocycles. The van der Waals surface area contributed by atoms with Crippen molar-refractivity contribution >= 4 is 49.8 Å². The minimum absolute atomic E-state index is 0.0817. The molecule has 1 fully saturated rings. The van der Waals surface area contributed by atoms with E-state index in [1.165, 1.54) is 34.4 Å². The molecule has 3 aromatic rings. The lowest BCUT2D eigenvalue weighted by Crippen LogP contribution is -2.18. The summed E-state index contributed by atoms with van der Waals surface area (Å²) in [5.41, 5.74) is 0.664. The normalized spacial score (nSPS) is 17.6. The minimum atomic E-state index is -0.0817. The Morgan fingerprint density at radius 3 is 3.29 bits per heavy atom. The minimum Gasteiger partial charge on any atom is -0.376 e. The maximum atomic E-state index is 11.9. The van der Waals surface area contributed by atoms with Crippen molar-refractivity contribution < 1.29 is 4.74 Å². The van der Waals surface area contributed by atoms with Crippen LogP contribution in [0.25, 0.3) is 10.2 Å². The van der Waals surface area contributed by atoms with E-state index in [1.807, 2.05) is 11.4 Å². The van der Waals surface area contributed by atoms with E-state index >= 15 is 0 Å². The third-order valence-electron chi connectivity index (χ3n) is 3.61. The fraction of sp³-hybridized carbons (Fsp3) is 0.429. The molecule has 2 N–H and O–H groups in total. The number of rotatable bonds is 6. The smallest absolute Gasteiger partial charge is 0.268 e. The van der Waals surface area contributed by atoms with E-state index in [2.05, 4.69) is 25.5 Å². The molecule has 7 nitrogen and oxygen atoms in total.